The first-order chi connectivity index (χ1) is 16.9. The first-order valence-corrected chi connectivity index (χ1v) is 10.7. The van der Waals surface area contributed by atoms with Crippen LogP contribution in [0.2, 0.25) is 0 Å². The van der Waals surface area contributed by atoms with Gasteiger partial charge in [-0.2, -0.15) is 5.10 Å². The number of hydrogen-bond acceptors (Lipinski definition) is 6. The molecular formula is C23H20FN7O4. The maximum atomic E-state index is 14.9. The quantitative estimate of drug-likeness (QED) is 0.391. The van der Waals surface area contributed by atoms with Gasteiger partial charge in [0.1, 0.15) is 23.9 Å². The summed E-state index contributed by atoms with van der Waals surface area (Å²) in [5.74, 6) is -1.30. The molecule has 4 aromatic rings. The highest BCUT2D eigenvalue weighted by atomic mass is 19.1. The molecule has 2 aromatic heterocycles. The molecule has 0 unspecified atom stereocenters. The summed E-state index contributed by atoms with van der Waals surface area (Å²) in [4.78, 5) is 41.3. The van der Waals surface area contributed by atoms with E-state index in [1.807, 2.05) is 0 Å². The van der Waals surface area contributed by atoms with E-state index in [0.717, 1.165) is 10.9 Å². The molecule has 1 aliphatic heterocycles. The maximum absolute atomic E-state index is 14.9. The van der Waals surface area contributed by atoms with Crippen molar-refractivity contribution in [2.45, 2.75) is 13.0 Å². The molecule has 3 heterocycles. The summed E-state index contributed by atoms with van der Waals surface area (Å²) >= 11 is 0. The number of benzene rings is 2. The van der Waals surface area contributed by atoms with Crippen molar-refractivity contribution in [2.75, 3.05) is 23.3 Å². The molecular weight excluding hydrogens is 457 g/mol. The minimum Gasteiger partial charge on any atom is -0.442 e. The van der Waals surface area contributed by atoms with E-state index in [1.165, 1.54) is 41.0 Å². The summed E-state index contributed by atoms with van der Waals surface area (Å²) in [6.07, 6.45) is 3.25. The van der Waals surface area contributed by atoms with Crippen molar-refractivity contribution >= 4 is 40.2 Å². The van der Waals surface area contributed by atoms with Gasteiger partial charge in [0.15, 0.2) is 0 Å². The lowest BCUT2D eigenvalue weighted by molar-refractivity contribution is -0.119. The Bertz CT molecular complexity index is 1450. The maximum Gasteiger partial charge on any atom is 0.414 e. The lowest BCUT2D eigenvalue weighted by atomic mass is 10.2. The van der Waals surface area contributed by atoms with Gasteiger partial charge in [0.05, 0.1) is 36.2 Å². The lowest BCUT2D eigenvalue weighted by Gasteiger charge is -2.14. The van der Waals surface area contributed by atoms with E-state index < -0.39 is 23.9 Å². The summed E-state index contributed by atoms with van der Waals surface area (Å²) in [5.41, 5.74) is 1.99. The molecule has 0 radical (unpaired) electrons. The van der Waals surface area contributed by atoms with Crippen LogP contribution in [0.1, 0.15) is 17.4 Å². The smallest absolute Gasteiger partial charge is 0.414 e. The van der Waals surface area contributed by atoms with Crippen LogP contribution in [0.15, 0.2) is 55.1 Å². The van der Waals surface area contributed by atoms with Gasteiger partial charge in [-0.15, -0.1) is 0 Å². The standard InChI is InChI=1S/C23H20FN7O4/c1-13(32)25-9-17-10-31(23(34)35-17)16-3-5-21(18(24)7-16)30-11-20(26-12-30)22(33)28-15-2-4-19-14(6-15)8-27-29-19/h2-8,11-12,17H,9-10H2,1H3,(H,25,32)(H,27,29)(H,28,33)/t17-/m0/s1. The number of ether oxygens (including phenoxy) is 1. The third-order valence-electron chi connectivity index (χ3n) is 5.49. The summed E-state index contributed by atoms with van der Waals surface area (Å²) in [6.45, 7) is 1.72. The first-order valence-electron chi connectivity index (χ1n) is 10.7. The van der Waals surface area contributed by atoms with Crippen molar-refractivity contribution in [1.82, 2.24) is 25.1 Å². The van der Waals surface area contributed by atoms with Crippen LogP contribution in [0, 0.1) is 5.82 Å². The Morgan fingerprint density at radius 3 is 2.91 bits per heavy atom. The molecule has 178 valence electrons. The van der Waals surface area contributed by atoms with Crippen LogP contribution >= 0.6 is 0 Å². The molecule has 11 nitrogen and oxygen atoms in total. The van der Waals surface area contributed by atoms with E-state index in [9.17, 15) is 18.8 Å². The fraction of sp³-hybridized carbons (Fsp3) is 0.174. The van der Waals surface area contributed by atoms with Gasteiger partial charge in [-0.05, 0) is 36.4 Å². The summed E-state index contributed by atoms with van der Waals surface area (Å²) in [7, 11) is 0. The Balaban J connectivity index is 1.28. The summed E-state index contributed by atoms with van der Waals surface area (Å²) in [5, 5.41) is 13.0. The predicted molar refractivity (Wildman–Crippen MR) is 124 cm³/mol. The van der Waals surface area contributed by atoms with Gasteiger partial charge in [-0.25, -0.2) is 14.2 Å². The number of anilines is 2. The largest absolute Gasteiger partial charge is 0.442 e. The van der Waals surface area contributed by atoms with Crippen LogP contribution < -0.4 is 15.5 Å². The highest BCUT2D eigenvalue weighted by Gasteiger charge is 2.32. The van der Waals surface area contributed by atoms with Crippen molar-refractivity contribution in [3.8, 4) is 5.69 Å². The van der Waals surface area contributed by atoms with Crippen molar-refractivity contribution in [2.24, 2.45) is 0 Å². The Kier molecular flexibility index (Phi) is 5.61. The van der Waals surface area contributed by atoms with Crippen LogP contribution in [0.4, 0.5) is 20.6 Å². The topological polar surface area (TPSA) is 134 Å². The number of nitrogens with zero attached hydrogens (tertiary/aromatic N) is 4. The van der Waals surface area contributed by atoms with E-state index in [0.29, 0.717) is 11.4 Å². The normalized spacial score (nSPS) is 15.3. The van der Waals surface area contributed by atoms with Crippen LogP contribution in [0.25, 0.3) is 16.6 Å². The minimum absolute atomic E-state index is 0.102. The fourth-order valence-corrected chi connectivity index (χ4v) is 3.76. The number of carbonyl (C=O) groups excluding carboxylic acids is 3. The molecule has 0 saturated carbocycles. The molecule has 3 amide bonds. The highest BCUT2D eigenvalue weighted by Crippen LogP contribution is 2.26. The third kappa shape index (κ3) is 4.53. The second-order valence-corrected chi connectivity index (χ2v) is 7.98. The predicted octanol–water partition coefficient (Wildman–Crippen LogP) is 2.60. The molecule has 1 aliphatic rings. The molecule has 0 bridgehead atoms. The second kappa shape index (κ2) is 8.89. The number of halogens is 1. The zero-order chi connectivity index (χ0) is 24.5. The number of aromatic nitrogens is 4. The molecule has 1 fully saturated rings. The van der Waals surface area contributed by atoms with Gasteiger partial charge in [-0.3, -0.25) is 19.6 Å². The molecule has 1 atom stereocenters. The highest BCUT2D eigenvalue weighted by molar-refractivity contribution is 6.03. The van der Waals surface area contributed by atoms with Crippen LogP contribution in [-0.4, -0.2) is 56.8 Å². The average molecular weight is 477 g/mol. The summed E-state index contributed by atoms with van der Waals surface area (Å²) < 4.78 is 21.5. The number of H-pyrrole nitrogens is 1. The molecule has 3 N–H and O–H groups in total. The average Bonchev–Trinajstić information content (AvgIpc) is 3.57. The minimum atomic E-state index is -0.623. The molecule has 2 aromatic carbocycles. The van der Waals surface area contributed by atoms with E-state index in [-0.39, 0.29) is 30.4 Å². The lowest BCUT2D eigenvalue weighted by Crippen LogP contribution is -2.33. The first kappa shape index (κ1) is 22.1. The van der Waals surface area contributed by atoms with Gasteiger partial charge >= 0.3 is 6.09 Å². The third-order valence-corrected chi connectivity index (χ3v) is 5.49. The molecule has 0 spiro atoms. The van der Waals surface area contributed by atoms with Gasteiger partial charge in [0.2, 0.25) is 5.91 Å². The summed E-state index contributed by atoms with van der Waals surface area (Å²) in [6, 6.07) is 9.56. The molecule has 0 aliphatic carbocycles. The fourth-order valence-electron chi connectivity index (χ4n) is 3.76. The number of amides is 3. The monoisotopic (exact) mass is 477 g/mol. The Morgan fingerprint density at radius 2 is 2.11 bits per heavy atom. The number of aromatic amines is 1. The molecule has 5 rings (SSSR count). The SMILES string of the molecule is CC(=O)NC[C@H]1CN(c2ccc(-n3cnc(C(=O)Nc4ccc5[nH]ncc5c4)c3)c(F)c2)C(=O)O1. The number of cyclic esters (lactones) is 1. The van der Waals surface area contributed by atoms with Gasteiger partial charge in [0.25, 0.3) is 5.91 Å². The van der Waals surface area contributed by atoms with Crippen molar-refractivity contribution in [1.29, 1.82) is 0 Å². The Morgan fingerprint density at radius 1 is 1.26 bits per heavy atom. The Hall–Kier alpha value is -4.74. The molecule has 35 heavy (non-hydrogen) atoms. The van der Waals surface area contributed by atoms with E-state index in [4.69, 9.17) is 4.74 Å². The second-order valence-electron chi connectivity index (χ2n) is 7.98. The van der Waals surface area contributed by atoms with Crippen LogP contribution in [0.3, 0.4) is 0 Å². The Labute approximate surface area is 197 Å². The van der Waals surface area contributed by atoms with Crippen LogP contribution in [-0.2, 0) is 9.53 Å². The van der Waals surface area contributed by atoms with Crippen LogP contribution in [0.5, 0.6) is 0 Å². The number of rotatable bonds is 6. The van der Waals surface area contributed by atoms with E-state index in [2.05, 4.69) is 25.8 Å². The number of imidazole rings is 1. The van der Waals surface area contributed by atoms with E-state index in [1.54, 1.807) is 30.5 Å². The van der Waals surface area contributed by atoms with Crippen molar-refractivity contribution in [3.05, 3.63) is 66.6 Å². The van der Waals surface area contributed by atoms with Gasteiger partial charge in [0, 0.05) is 24.2 Å². The van der Waals surface area contributed by atoms with E-state index >= 15 is 0 Å². The molecule has 1 saturated heterocycles. The number of hydrogen-bond donors (Lipinski definition) is 3. The van der Waals surface area contributed by atoms with Gasteiger partial charge in [-0.1, -0.05) is 0 Å². The number of carbonyl (C=O) groups is 3. The zero-order valence-corrected chi connectivity index (χ0v) is 18.5. The van der Waals surface area contributed by atoms with Crippen molar-refractivity contribution in [3.63, 3.8) is 0 Å². The van der Waals surface area contributed by atoms with Crippen molar-refractivity contribution < 1.29 is 23.5 Å². The number of nitrogens with one attached hydrogen (secondary N) is 3. The molecule has 12 heteroatoms. The van der Waals surface area contributed by atoms with Gasteiger partial charge < -0.3 is 19.9 Å². The zero-order valence-electron chi connectivity index (χ0n) is 18.5. The number of fused-ring (bicyclic) bond motifs is 1.